The molecule has 0 spiro atoms. The van der Waals surface area contributed by atoms with Crippen molar-refractivity contribution in [1.29, 1.82) is 0 Å². The molecule has 0 aliphatic heterocycles. The lowest BCUT2D eigenvalue weighted by Crippen LogP contribution is -2.13. The molecule has 0 bridgehead atoms. The first-order chi connectivity index (χ1) is 16.3. The quantitative estimate of drug-likeness (QED) is 0.404. The van der Waals surface area contributed by atoms with Crippen LogP contribution in [0.25, 0.3) is 0 Å². The van der Waals surface area contributed by atoms with Gasteiger partial charge in [0.1, 0.15) is 5.75 Å². The summed E-state index contributed by atoms with van der Waals surface area (Å²) in [5.74, 6) is 1.58. The molecule has 34 heavy (non-hydrogen) atoms. The molecule has 2 aromatic carbocycles. The van der Waals surface area contributed by atoms with Crippen molar-refractivity contribution in [1.82, 2.24) is 4.98 Å². The summed E-state index contributed by atoms with van der Waals surface area (Å²) >= 11 is 1.14. The standard InChI is InChI=1S/C22H25N3O7S2/c1-29-16-6-8-17(9-7-16)34(27,28)25-22-24-14(13-33-22)5-10-20(26)23-15-11-18(30-2)21(32-4)19(12-15)31-3/h6-9,11-13H,5,10H2,1-4H3,(H,23,26)(H,24,25). The highest BCUT2D eigenvalue weighted by Crippen LogP contribution is 2.40. The molecule has 0 saturated heterocycles. The Bertz CT molecular complexity index is 1220. The SMILES string of the molecule is COc1ccc(S(=O)(=O)Nc2nc(CCC(=O)Nc3cc(OC)c(OC)c(OC)c3)cs2)cc1. The molecule has 0 aliphatic rings. The Balaban J connectivity index is 1.60. The van der Waals surface area contributed by atoms with Gasteiger partial charge in [-0.1, -0.05) is 0 Å². The topological polar surface area (TPSA) is 125 Å². The summed E-state index contributed by atoms with van der Waals surface area (Å²) in [6.07, 6.45) is 0.474. The predicted octanol–water partition coefficient (Wildman–Crippen LogP) is 3.55. The van der Waals surface area contributed by atoms with E-state index in [0.717, 1.165) is 11.3 Å². The maximum Gasteiger partial charge on any atom is 0.263 e. The van der Waals surface area contributed by atoms with Gasteiger partial charge in [-0.15, -0.1) is 11.3 Å². The van der Waals surface area contributed by atoms with E-state index in [1.165, 1.54) is 40.6 Å². The van der Waals surface area contributed by atoms with Crippen molar-refractivity contribution < 1.29 is 32.2 Å². The minimum absolute atomic E-state index is 0.0924. The van der Waals surface area contributed by atoms with E-state index in [-0.39, 0.29) is 22.4 Å². The number of methoxy groups -OCH3 is 4. The molecule has 182 valence electrons. The number of sulfonamides is 1. The number of thiazole rings is 1. The highest BCUT2D eigenvalue weighted by molar-refractivity contribution is 7.93. The predicted molar refractivity (Wildman–Crippen MR) is 129 cm³/mol. The van der Waals surface area contributed by atoms with Crippen LogP contribution in [-0.2, 0) is 21.2 Å². The lowest BCUT2D eigenvalue weighted by molar-refractivity contribution is -0.116. The molecular weight excluding hydrogens is 482 g/mol. The zero-order valence-electron chi connectivity index (χ0n) is 19.1. The van der Waals surface area contributed by atoms with Crippen molar-refractivity contribution >= 4 is 38.1 Å². The third kappa shape index (κ3) is 6.08. The van der Waals surface area contributed by atoms with Crippen molar-refractivity contribution in [3.05, 3.63) is 47.5 Å². The van der Waals surface area contributed by atoms with Crippen LogP contribution in [0.1, 0.15) is 12.1 Å². The second-order valence-corrected chi connectivity index (χ2v) is 9.43. The normalized spacial score (nSPS) is 10.9. The van der Waals surface area contributed by atoms with Gasteiger partial charge < -0.3 is 24.3 Å². The Morgan fingerprint density at radius 1 is 0.971 bits per heavy atom. The van der Waals surface area contributed by atoms with E-state index < -0.39 is 10.0 Å². The summed E-state index contributed by atoms with van der Waals surface area (Å²) in [4.78, 5) is 16.8. The number of rotatable bonds is 11. The fourth-order valence-electron chi connectivity index (χ4n) is 3.02. The number of aryl methyl sites for hydroxylation is 1. The molecule has 0 radical (unpaired) electrons. The number of nitrogens with one attached hydrogen (secondary N) is 2. The van der Waals surface area contributed by atoms with Crippen LogP contribution in [-0.4, -0.2) is 47.7 Å². The molecule has 0 aliphatic carbocycles. The number of nitrogens with zero attached hydrogens (tertiary/aromatic N) is 1. The van der Waals surface area contributed by atoms with Crippen molar-refractivity contribution in [3.8, 4) is 23.0 Å². The van der Waals surface area contributed by atoms with Crippen molar-refractivity contribution in [2.45, 2.75) is 17.7 Å². The number of carbonyl (C=O) groups is 1. The minimum atomic E-state index is -3.79. The summed E-state index contributed by atoms with van der Waals surface area (Å²) in [5.41, 5.74) is 1.09. The van der Waals surface area contributed by atoms with Crippen LogP contribution < -0.4 is 29.0 Å². The van der Waals surface area contributed by atoms with Gasteiger partial charge in [0.05, 0.1) is 39.0 Å². The van der Waals surface area contributed by atoms with E-state index in [4.69, 9.17) is 18.9 Å². The number of carbonyl (C=O) groups excluding carboxylic acids is 1. The molecule has 0 unspecified atom stereocenters. The molecule has 1 aromatic heterocycles. The number of aromatic nitrogens is 1. The highest BCUT2D eigenvalue weighted by atomic mass is 32.2. The molecule has 10 nitrogen and oxygen atoms in total. The smallest absolute Gasteiger partial charge is 0.263 e. The molecule has 1 heterocycles. The first-order valence-corrected chi connectivity index (χ1v) is 12.4. The van der Waals surface area contributed by atoms with Crippen LogP contribution in [0.5, 0.6) is 23.0 Å². The molecule has 12 heteroatoms. The van der Waals surface area contributed by atoms with E-state index in [2.05, 4.69) is 15.0 Å². The summed E-state index contributed by atoms with van der Waals surface area (Å²) in [5, 5.41) is 4.71. The van der Waals surface area contributed by atoms with Gasteiger partial charge in [-0.2, -0.15) is 0 Å². The molecular formula is C22H25N3O7S2. The Morgan fingerprint density at radius 3 is 2.18 bits per heavy atom. The van der Waals surface area contributed by atoms with Gasteiger partial charge in [-0.3, -0.25) is 9.52 Å². The van der Waals surface area contributed by atoms with Gasteiger partial charge in [-0.05, 0) is 30.7 Å². The molecule has 0 fully saturated rings. The summed E-state index contributed by atoms with van der Waals surface area (Å²) in [6.45, 7) is 0. The minimum Gasteiger partial charge on any atom is -0.497 e. The zero-order chi connectivity index (χ0) is 24.7. The Labute approximate surface area is 201 Å². The summed E-state index contributed by atoms with van der Waals surface area (Å²) in [7, 11) is 2.20. The second-order valence-electron chi connectivity index (χ2n) is 6.89. The van der Waals surface area contributed by atoms with Crippen LogP contribution >= 0.6 is 11.3 Å². The largest absolute Gasteiger partial charge is 0.497 e. The Morgan fingerprint density at radius 2 is 1.62 bits per heavy atom. The molecule has 3 aromatic rings. The average Bonchev–Trinajstić information content (AvgIpc) is 3.28. The third-order valence-corrected chi connectivity index (χ3v) is 6.99. The van der Waals surface area contributed by atoms with E-state index in [1.807, 2.05) is 0 Å². The van der Waals surface area contributed by atoms with Gasteiger partial charge in [0.2, 0.25) is 11.7 Å². The fraction of sp³-hybridized carbons (Fsp3) is 0.273. The van der Waals surface area contributed by atoms with Gasteiger partial charge in [0, 0.05) is 29.6 Å². The monoisotopic (exact) mass is 507 g/mol. The molecule has 0 saturated carbocycles. The fourth-order valence-corrected chi connectivity index (χ4v) is 5.01. The molecule has 3 rings (SSSR count). The first-order valence-electron chi connectivity index (χ1n) is 10.0. The average molecular weight is 508 g/mol. The number of hydrogen-bond donors (Lipinski definition) is 2. The van der Waals surface area contributed by atoms with E-state index in [0.29, 0.717) is 40.8 Å². The first kappa shape index (κ1) is 25.1. The van der Waals surface area contributed by atoms with E-state index >= 15 is 0 Å². The van der Waals surface area contributed by atoms with Crippen molar-refractivity contribution in [3.63, 3.8) is 0 Å². The van der Waals surface area contributed by atoms with Crippen LogP contribution in [0.3, 0.4) is 0 Å². The highest BCUT2D eigenvalue weighted by Gasteiger charge is 2.17. The molecule has 0 atom stereocenters. The molecule has 2 N–H and O–H groups in total. The van der Waals surface area contributed by atoms with Gasteiger partial charge in [-0.25, -0.2) is 13.4 Å². The maximum absolute atomic E-state index is 12.6. The Hall–Kier alpha value is -3.51. The van der Waals surface area contributed by atoms with Crippen LogP contribution in [0, 0.1) is 0 Å². The van der Waals surface area contributed by atoms with E-state index in [9.17, 15) is 13.2 Å². The second kappa shape index (κ2) is 11.1. The summed E-state index contributed by atoms with van der Waals surface area (Å²) < 4.78 is 48.5. The lowest BCUT2D eigenvalue weighted by Gasteiger charge is -2.14. The summed E-state index contributed by atoms with van der Waals surface area (Å²) in [6, 6.07) is 9.29. The Kier molecular flexibility index (Phi) is 8.18. The maximum atomic E-state index is 12.6. The van der Waals surface area contributed by atoms with Crippen molar-refractivity contribution in [2.75, 3.05) is 38.5 Å². The van der Waals surface area contributed by atoms with E-state index in [1.54, 1.807) is 29.6 Å². The van der Waals surface area contributed by atoms with Crippen LogP contribution in [0.2, 0.25) is 0 Å². The van der Waals surface area contributed by atoms with Crippen molar-refractivity contribution in [2.24, 2.45) is 0 Å². The lowest BCUT2D eigenvalue weighted by atomic mass is 10.2. The number of ether oxygens (including phenoxy) is 4. The van der Waals surface area contributed by atoms with Gasteiger partial charge >= 0.3 is 0 Å². The number of hydrogen-bond acceptors (Lipinski definition) is 9. The number of anilines is 2. The zero-order valence-corrected chi connectivity index (χ0v) is 20.7. The number of benzene rings is 2. The number of amides is 1. The van der Waals surface area contributed by atoms with Crippen LogP contribution in [0.15, 0.2) is 46.7 Å². The third-order valence-electron chi connectivity index (χ3n) is 4.70. The molecule has 1 amide bonds. The van der Waals surface area contributed by atoms with Gasteiger partial charge in [0.15, 0.2) is 16.6 Å². The van der Waals surface area contributed by atoms with Gasteiger partial charge in [0.25, 0.3) is 10.0 Å². The van der Waals surface area contributed by atoms with Crippen LogP contribution in [0.4, 0.5) is 10.8 Å².